The van der Waals surface area contributed by atoms with Gasteiger partial charge in [0, 0.05) is 29.0 Å². The molecule has 2 aromatic rings. The summed E-state index contributed by atoms with van der Waals surface area (Å²) in [5.74, 6) is 0.424. The van der Waals surface area contributed by atoms with E-state index in [0.717, 1.165) is 17.1 Å². The summed E-state index contributed by atoms with van der Waals surface area (Å²) < 4.78 is 0. The van der Waals surface area contributed by atoms with Crippen molar-refractivity contribution in [1.29, 1.82) is 0 Å². The molecule has 0 unspecified atom stereocenters. The number of rotatable bonds is 6. The van der Waals surface area contributed by atoms with Crippen LogP contribution in [0.2, 0.25) is 0 Å². The van der Waals surface area contributed by atoms with E-state index in [0.29, 0.717) is 17.9 Å². The van der Waals surface area contributed by atoms with E-state index in [9.17, 15) is 9.59 Å². The van der Waals surface area contributed by atoms with E-state index in [1.54, 1.807) is 19.1 Å². The van der Waals surface area contributed by atoms with Crippen LogP contribution in [0.3, 0.4) is 0 Å². The van der Waals surface area contributed by atoms with Crippen LogP contribution in [0.1, 0.15) is 37.6 Å². The zero-order valence-corrected chi connectivity index (χ0v) is 13.7. The third kappa shape index (κ3) is 5.25. The van der Waals surface area contributed by atoms with E-state index < -0.39 is 0 Å². The highest BCUT2D eigenvalue weighted by Gasteiger charge is 2.05. The Labute approximate surface area is 136 Å². The van der Waals surface area contributed by atoms with E-state index in [1.807, 2.05) is 50.2 Å². The third-order valence-electron chi connectivity index (χ3n) is 3.34. The van der Waals surface area contributed by atoms with Crippen molar-refractivity contribution in [2.45, 2.75) is 27.2 Å². The predicted octanol–water partition coefficient (Wildman–Crippen LogP) is 4.62. The molecule has 2 rings (SSSR count). The lowest BCUT2D eigenvalue weighted by molar-refractivity contribution is -0.116. The highest BCUT2D eigenvalue weighted by Crippen LogP contribution is 2.20. The number of hydrogen-bond acceptors (Lipinski definition) is 3. The number of anilines is 3. The molecule has 2 aromatic carbocycles. The maximum absolute atomic E-state index is 11.7. The van der Waals surface area contributed by atoms with Gasteiger partial charge in [-0.3, -0.25) is 9.59 Å². The number of Topliss-reactive ketones (excluding diaryl/α,β-unsaturated/α-hetero) is 1. The first-order chi connectivity index (χ1) is 10.9. The summed E-state index contributed by atoms with van der Waals surface area (Å²) in [6.07, 6.45) is 0.516. The SMILES string of the molecule is CC(=O)c1ccc(Nc2ccc(NC(=O)CC(C)C)cc2)cc1. The molecule has 0 aliphatic carbocycles. The zero-order valence-electron chi connectivity index (χ0n) is 13.7. The maximum atomic E-state index is 11.7. The van der Waals surface area contributed by atoms with Crippen LogP contribution in [-0.4, -0.2) is 11.7 Å². The Balaban J connectivity index is 1.97. The lowest BCUT2D eigenvalue weighted by Gasteiger charge is -2.10. The number of hydrogen-bond donors (Lipinski definition) is 2. The minimum Gasteiger partial charge on any atom is -0.356 e. The summed E-state index contributed by atoms with van der Waals surface area (Å²) in [5, 5.41) is 6.14. The van der Waals surface area contributed by atoms with Crippen LogP contribution >= 0.6 is 0 Å². The summed E-state index contributed by atoms with van der Waals surface area (Å²) in [7, 11) is 0. The van der Waals surface area contributed by atoms with Crippen molar-refractivity contribution < 1.29 is 9.59 Å². The number of ketones is 1. The largest absolute Gasteiger partial charge is 0.356 e. The average Bonchev–Trinajstić information content (AvgIpc) is 2.49. The Kier molecular flexibility index (Phi) is 5.52. The van der Waals surface area contributed by atoms with Gasteiger partial charge in [0.2, 0.25) is 5.91 Å². The monoisotopic (exact) mass is 310 g/mol. The van der Waals surface area contributed by atoms with Gasteiger partial charge in [-0.25, -0.2) is 0 Å². The smallest absolute Gasteiger partial charge is 0.224 e. The average molecular weight is 310 g/mol. The predicted molar refractivity (Wildman–Crippen MR) is 94.3 cm³/mol. The van der Waals surface area contributed by atoms with Gasteiger partial charge in [-0.1, -0.05) is 13.8 Å². The molecule has 2 N–H and O–H groups in total. The van der Waals surface area contributed by atoms with Crippen molar-refractivity contribution in [3.8, 4) is 0 Å². The molecule has 0 aliphatic heterocycles. The molecule has 23 heavy (non-hydrogen) atoms. The normalized spacial score (nSPS) is 10.4. The van der Waals surface area contributed by atoms with Crippen molar-refractivity contribution in [3.63, 3.8) is 0 Å². The summed E-state index contributed by atoms with van der Waals surface area (Å²) in [5.41, 5.74) is 3.31. The Bertz CT molecular complexity index is 674. The minimum absolute atomic E-state index is 0.0283. The Hall–Kier alpha value is -2.62. The number of carbonyl (C=O) groups excluding carboxylic acids is 2. The molecule has 0 saturated carbocycles. The summed E-state index contributed by atoms with van der Waals surface area (Å²) in [6, 6.07) is 14.9. The van der Waals surface area contributed by atoms with Crippen molar-refractivity contribution in [1.82, 2.24) is 0 Å². The maximum Gasteiger partial charge on any atom is 0.224 e. The molecule has 0 radical (unpaired) electrons. The number of benzene rings is 2. The van der Waals surface area contributed by atoms with Crippen molar-refractivity contribution >= 4 is 28.8 Å². The molecule has 4 nitrogen and oxygen atoms in total. The van der Waals surface area contributed by atoms with E-state index in [2.05, 4.69) is 10.6 Å². The van der Waals surface area contributed by atoms with Crippen LogP contribution in [0.15, 0.2) is 48.5 Å². The topological polar surface area (TPSA) is 58.2 Å². The molecular weight excluding hydrogens is 288 g/mol. The molecule has 4 heteroatoms. The summed E-state index contributed by atoms with van der Waals surface area (Å²) in [4.78, 5) is 23.0. The van der Waals surface area contributed by atoms with E-state index in [-0.39, 0.29) is 11.7 Å². The molecule has 0 saturated heterocycles. The van der Waals surface area contributed by atoms with Crippen LogP contribution in [0.4, 0.5) is 17.1 Å². The fourth-order valence-electron chi connectivity index (χ4n) is 2.17. The van der Waals surface area contributed by atoms with Crippen LogP contribution in [0.5, 0.6) is 0 Å². The molecule has 0 heterocycles. The van der Waals surface area contributed by atoms with Gasteiger partial charge < -0.3 is 10.6 Å². The summed E-state index contributed by atoms with van der Waals surface area (Å²) in [6.45, 7) is 5.59. The molecule has 0 fully saturated rings. The van der Waals surface area contributed by atoms with Crippen molar-refractivity contribution in [3.05, 3.63) is 54.1 Å². The van der Waals surface area contributed by atoms with Crippen LogP contribution in [-0.2, 0) is 4.79 Å². The first-order valence-corrected chi connectivity index (χ1v) is 7.72. The van der Waals surface area contributed by atoms with E-state index in [4.69, 9.17) is 0 Å². The number of nitrogens with one attached hydrogen (secondary N) is 2. The molecule has 0 spiro atoms. The first kappa shape index (κ1) is 16.7. The van der Waals surface area contributed by atoms with E-state index >= 15 is 0 Å². The molecule has 0 atom stereocenters. The number of carbonyl (C=O) groups is 2. The van der Waals surface area contributed by atoms with Gasteiger partial charge in [-0.2, -0.15) is 0 Å². The lowest BCUT2D eigenvalue weighted by Crippen LogP contribution is -2.13. The zero-order chi connectivity index (χ0) is 16.8. The van der Waals surface area contributed by atoms with Crippen molar-refractivity contribution in [2.75, 3.05) is 10.6 Å². The molecule has 0 bridgehead atoms. The minimum atomic E-state index is 0.0283. The van der Waals surface area contributed by atoms with Crippen LogP contribution in [0, 0.1) is 5.92 Å². The third-order valence-corrected chi connectivity index (χ3v) is 3.34. The van der Waals surface area contributed by atoms with Crippen LogP contribution in [0.25, 0.3) is 0 Å². The fraction of sp³-hybridized carbons (Fsp3) is 0.263. The van der Waals surface area contributed by atoms with Gasteiger partial charge in [0.05, 0.1) is 0 Å². The first-order valence-electron chi connectivity index (χ1n) is 7.72. The molecule has 1 amide bonds. The van der Waals surface area contributed by atoms with Crippen LogP contribution < -0.4 is 10.6 Å². The van der Waals surface area contributed by atoms with Gasteiger partial charge in [-0.05, 0) is 61.4 Å². The highest BCUT2D eigenvalue weighted by molar-refractivity contribution is 5.94. The van der Waals surface area contributed by atoms with Crippen molar-refractivity contribution in [2.24, 2.45) is 5.92 Å². The Morgan fingerprint density at radius 2 is 1.35 bits per heavy atom. The molecule has 0 aliphatic rings. The van der Waals surface area contributed by atoms with Gasteiger partial charge in [0.25, 0.3) is 0 Å². The number of amides is 1. The standard InChI is InChI=1S/C19H22N2O2/c1-13(2)12-19(23)21-18-10-8-17(9-11-18)20-16-6-4-15(5-7-16)14(3)22/h4-11,13,20H,12H2,1-3H3,(H,21,23). The van der Waals surface area contributed by atoms with E-state index in [1.165, 1.54) is 0 Å². The fourth-order valence-corrected chi connectivity index (χ4v) is 2.17. The van der Waals surface area contributed by atoms with Gasteiger partial charge >= 0.3 is 0 Å². The van der Waals surface area contributed by atoms with Gasteiger partial charge in [-0.15, -0.1) is 0 Å². The van der Waals surface area contributed by atoms with Gasteiger partial charge in [0.15, 0.2) is 5.78 Å². The quantitative estimate of drug-likeness (QED) is 0.766. The Morgan fingerprint density at radius 1 is 0.870 bits per heavy atom. The second kappa shape index (κ2) is 7.58. The highest BCUT2D eigenvalue weighted by atomic mass is 16.1. The second-order valence-electron chi connectivity index (χ2n) is 5.98. The lowest BCUT2D eigenvalue weighted by atomic mass is 10.1. The molecule has 120 valence electrons. The van der Waals surface area contributed by atoms with Gasteiger partial charge in [0.1, 0.15) is 0 Å². The Morgan fingerprint density at radius 3 is 1.83 bits per heavy atom. The molecular formula is C19H22N2O2. The second-order valence-corrected chi connectivity index (χ2v) is 5.98. The summed E-state index contributed by atoms with van der Waals surface area (Å²) >= 11 is 0. The molecule has 0 aromatic heterocycles.